The molecule has 2 aromatic rings. The van der Waals surface area contributed by atoms with Gasteiger partial charge in [0, 0.05) is 0 Å². The van der Waals surface area contributed by atoms with Gasteiger partial charge in [0.15, 0.2) is 5.65 Å². The van der Waals surface area contributed by atoms with Crippen molar-refractivity contribution in [1.29, 1.82) is 0 Å². The Morgan fingerprint density at radius 1 is 1.20 bits per heavy atom. The highest BCUT2D eigenvalue weighted by Crippen LogP contribution is 2.22. The largest absolute Gasteiger partial charge is 0.384 e. The highest BCUT2D eigenvalue weighted by molar-refractivity contribution is 6.79. The van der Waals surface area contributed by atoms with Crippen molar-refractivity contribution in [3.63, 3.8) is 0 Å². The number of hydrogen-bond acceptors (Lipinski definition) is 4. The molecule has 0 aliphatic heterocycles. The smallest absolute Gasteiger partial charge is 0.182 e. The molecule has 0 fully saturated rings. The van der Waals surface area contributed by atoms with E-state index in [0.717, 1.165) is 17.0 Å². The van der Waals surface area contributed by atoms with E-state index < -0.39 is 8.24 Å². The maximum absolute atomic E-state index is 4.32. The van der Waals surface area contributed by atoms with E-state index in [1.54, 1.807) is 12.7 Å². The molecule has 0 saturated carbocycles. The number of H-pyrrole nitrogens is 1. The van der Waals surface area contributed by atoms with Crippen LogP contribution >= 0.6 is 0 Å². The molecule has 0 aliphatic rings. The second kappa shape index (κ2) is 3.30. The number of anilines is 1. The zero-order chi connectivity index (χ0) is 11.1. The second-order valence-electron chi connectivity index (χ2n) is 4.53. The summed E-state index contributed by atoms with van der Waals surface area (Å²) in [4.78, 5) is 15.6. The summed E-state index contributed by atoms with van der Waals surface area (Å²) in [7, 11) is 0.681. The molecule has 0 bridgehead atoms. The molecule has 0 radical (unpaired) electrons. The molecule has 80 valence electrons. The van der Waals surface area contributed by atoms with Crippen LogP contribution in [0.5, 0.6) is 0 Å². The lowest BCUT2D eigenvalue weighted by atomic mass is 10.5. The maximum atomic E-state index is 4.32. The summed E-state index contributed by atoms with van der Waals surface area (Å²) in [5.41, 5.74) is 1.65. The molecular weight excluding hydrogens is 206 g/mol. The molecule has 0 spiro atoms. The summed E-state index contributed by atoms with van der Waals surface area (Å²) >= 11 is 0. The molecule has 0 saturated heterocycles. The summed E-state index contributed by atoms with van der Waals surface area (Å²) in [5.74, 6) is 0.941. The maximum Gasteiger partial charge on any atom is 0.182 e. The van der Waals surface area contributed by atoms with Crippen LogP contribution in [0.3, 0.4) is 0 Å². The third-order valence-corrected chi connectivity index (χ3v) is 4.75. The average molecular weight is 221 g/mol. The minimum Gasteiger partial charge on any atom is -0.384 e. The van der Waals surface area contributed by atoms with Crippen molar-refractivity contribution in [3.05, 3.63) is 12.7 Å². The first kappa shape index (κ1) is 10.1. The van der Waals surface area contributed by atoms with E-state index in [1.165, 1.54) is 0 Å². The lowest BCUT2D eigenvalue weighted by Crippen LogP contribution is -2.43. The molecule has 0 atom stereocenters. The Balaban J connectivity index is 2.56. The Hall–Kier alpha value is -1.43. The molecule has 5 nitrogen and oxygen atoms in total. The Bertz CT molecular complexity index is 473. The molecule has 0 amide bonds. The fourth-order valence-corrected chi connectivity index (χ4v) is 2.13. The average Bonchev–Trinajstić information content (AvgIpc) is 2.62. The van der Waals surface area contributed by atoms with Crippen LogP contribution in [-0.2, 0) is 0 Å². The molecule has 1 N–H and O–H groups in total. The molecule has 15 heavy (non-hydrogen) atoms. The van der Waals surface area contributed by atoms with Gasteiger partial charge in [-0.15, -0.1) is 0 Å². The predicted octanol–water partition coefficient (Wildman–Crippen LogP) is 1.62. The van der Waals surface area contributed by atoms with Crippen molar-refractivity contribution in [2.24, 2.45) is 0 Å². The number of aromatic nitrogens is 4. The van der Waals surface area contributed by atoms with Gasteiger partial charge in [0.2, 0.25) is 0 Å². The van der Waals surface area contributed by atoms with E-state index in [0.29, 0.717) is 0 Å². The molecule has 0 aromatic carbocycles. The molecule has 0 aliphatic carbocycles. The Labute approximate surface area is 89.7 Å². The van der Waals surface area contributed by atoms with Crippen LogP contribution < -0.4 is 4.57 Å². The number of hydrogen-bond donors (Lipinski definition) is 1. The van der Waals surface area contributed by atoms with Gasteiger partial charge in [-0.3, -0.25) is 0 Å². The van der Waals surface area contributed by atoms with Crippen LogP contribution in [0.25, 0.3) is 11.2 Å². The van der Waals surface area contributed by atoms with Gasteiger partial charge in [0.05, 0.1) is 6.33 Å². The predicted molar refractivity (Wildman–Crippen MR) is 63.4 cm³/mol. The Kier molecular flexibility index (Phi) is 2.22. The first-order valence-electron chi connectivity index (χ1n) is 4.88. The highest BCUT2D eigenvalue weighted by atomic mass is 28.3. The summed E-state index contributed by atoms with van der Waals surface area (Å²) in [5, 5.41) is 0. The van der Waals surface area contributed by atoms with Gasteiger partial charge in [-0.2, -0.15) is 0 Å². The number of fused-ring (bicyclic) bond motifs is 1. The monoisotopic (exact) mass is 221 g/mol. The van der Waals surface area contributed by atoms with E-state index in [1.807, 2.05) is 0 Å². The number of nitrogens with one attached hydrogen (secondary N) is 1. The lowest BCUT2D eigenvalue weighted by molar-refractivity contribution is 1.12. The van der Waals surface area contributed by atoms with E-state index in [9.17, 15) is 0 Å². The van der Waals surface area contributed by atoms with Gasteiger partial charge in [-0.25, -0.2) is 15.0 Å². The first-order chi connectivity index (χ1) is 7.00. The van der Waals surface area contributed by atoms with Crippen LogP contribution in [0.2, 0.25) is 19.6 Å². The number of rotatable bonds is 2. The third kappa shape index (κ3) is 1.72. The minimum absolute atomic E-state index is 0.727. The topological polar surface area (TPSA) is 57.7 Å². The van der Waals surface area contributed by atoms with Gasteiger partial charge in [-0.05, 0) is 7.05 Å². The zero-order valence-corrected chi connectivity index (χ0v) is 10.4. The zero-order valence-electron chi connectivity index (χ0n) is 9.44. The van der Waals surface area contributed by atoms with Gasteiger partial charge < -0.3 is 9.55 Å². The second-order valence-corrected chi connectivity index (χ2v) is 9.54. The Morgan fingerprint density at radius 2 is 1.93 bits per heavy atom. The molecule has 0 unspecified atom stereocenters. The van der Waals surface area contributed by atoms with E-state index >= 15 is 0 Å². The lowest BCUT2D eigenvalue weighted by Gasteiger charge is -2.31. The summed E-state index contributed by atoms with van der Waals surface area (Å²) in [6, 6.07) is 0. The van der Waals surface area contributed by atoms with E-state index in [-0.39, 0.29) is 0 Å². The van der Waals surface area contributed by atoms with Crippen molar-refractivity contribution in [2.45, 2.75) is 19.6 Å². The fraction of sp³-hybridized carbons (Fsp3) is 0.444. The SMILES string of the molecule is CN(c1ncnc2nc[nH]c12)[Si](C)(C)C. The van der Waals surface area contributed by atoms with Crippen molar-refractivity contribution in [3.8, 4) is 0 Å². The van der Waals surface area contributed by atoms with Crippen molar-refractivity contribution < 1.29 is 0 Å². The number of nitrogens with zero attached hydrogens (tertiary/aromatic N) is 4. The quantitative estimate of drug-likeness (QED) is 0.783. The van der Waals surface area contributed by atoms with Crippen LogP contribution in [0.1, 0.15) is 0 Å². The molecule has 6 heteroatoms. The fourth-order valence-electron chi connectivity index (χ4n) is 1.32. The normalized spacial score (nSPS) is 12.0. The Morgan fingerprint density at radius 3 is 2.60 bits per heavy atom. The van der Waals surface area contributed by atoms with E-state index in [4.69, 9.17) is 0 Å². The van der Waals surface area contributed by atoms with Gasteiger partial charge >= 0.3 is 0 Å². The molecule has 2 aromatic heterocycles. The highest BCUT2D eigenvalue weighted by Gasteiger charge is 2.23. The molecule has 2 heterocycles. The van der Waals surface area contributed by atoms with Gasteiger partial charge in [0.1, 0.15) is 25.9 Å². The third-order valence-electron chi connectivity index (χ3n) is 2.53. The van der Waals surface area contributed by atoms with Crippen LogP contribution in [0.4, 0.5) is 5.82 Å². The summed E-state index contributed by atoms with van der Waals surface area (Å²) in [6.45, 7) is 6.83. The van der Waals surface area contributed by atoms with Crippen molar-refractivity contribution in [2.75, 3.05) is 11.6 Å². The summed E-state index contributed by atoms with van der Waals surface area (Å²) < 4.78 is 2.25. The standard InChI is InChI=1S/C9H15N5Si/c1-14(15(2,3)4)9-7-8(11-5-10-7)12-6-13-9/h5-6H,1-4H3,(H,10,11,12,13). The first-order valence-corrected chi connectivity index (χ1v) is 8.33. The minimum atomic E-state index is -1.40. The van der Waals surface area contributed by atoms with E-state index in [2.05, 4.69) is 51.2 Å². The van der Waals surface area contributed by atoms with Crippen molar-refractivity contribution >= 4 is 25.2 Å². The van der Waals surface area contributed by atoms with Crippen LogP contribution in [0, 0.1) is 0 Å². The van der Waals surface area contributed by atoms with Gasteiger partial charge in [-0.1, -0.05) is 19.6 Å². The number of aromatic amines is 1. The summed E-state index contributed by atoms with van der Waals surface area (Å²) in [6.07, 6.45) is 3.22. The van der Waals surface area contributed by atoms with Crippen molar-refractivity contribution in [1.82, 2.24) is 19.9 Å². The van der Waals surface area contributed by atoms with Crippen LogP contribution in [0.15, 0.2) is 12.7 Å². The molecule has 2 rings (SSSR count). The van der Waals surface area contributed by atoms with Gasteiger partial charge in [0.25, 0.3) is 0 Å². The molecular formula is C9H15N5Si. The van der Waals surface area contributed by atoms with Crippen LogP contribution in [-0.4, -0.2) is 35.2 Å². The number of imidazole rings is 1.